The van der Waals surface area contributed by atoms with E-state index in [1.54, 1.807) is 19.1 Å². The number of aromatic nitrogens is 2. The van der Waals surface area contributed by atoms with Crippen molar-refractivity contribution in [2.24, 2.45) is 11.7 Å². The molecule has 1 aliphatic heterocycles. The predicted molar refractivity (Wildman–Crippen MR) is 113 cm³/mol. The molecule has 0 unspecified atom stereocenters. The number of halogens is 1. The Bertz CT molecular complexity index is 977. The average molecular weight is 444 g/mol. The summed E-state index contributed by atoms with van der Waals surface area (Å²) in [6.07, 6.45) is 3.71. The van der Waals surface area contributed by atoms with Gasteiger partial charge < -0.3 is 20.1 Å². The summed E-state index contributed by atoms with van der Waals surface area (Å²) in [7, 11) is 0. The molecule has 10 nitrogen and oxygen atoms in total. The van der Waals surface area contributed by atoms with E-state index in [0.29, 0.717) is 18.1 Å². The maximum absolute atomic E-state index is 14.9. The lowest BCUT2D eigenvalue weighted by Gasteiger charge is -2.30. The van der Waals surface area contributed by atoms with Crippen LogP contribution >= 0.6 is 0 Å². The van der Waals surface area contributed by atoms with Crippen LogP contribution in [0.4, 0.5) is 9.18 Å². The lowest BCUT2D eigenvalue weighted by atomic mass is 9.98. The van der Waals surface area contributed by atoms with Crippen molar-refractivity contribution in [2.45, 2.75) is 26.4 Å². The van der Waals surface area contributed by atoms with Crippen molar-refractivity contribution in [3.8, 4) is 17.1 Å². The molecule has 1 aromatic carbocycles. The molecule has 1 aliphatic rings. The molecular weight excluding hydrogens is 419 g/mol. The zero-order valence-corrected chi connectivity index (χ0v) is 17.6. The first-order valence-corrected chi connectivity index (χ1v) is 10.1. The second kappa shape index (κ2) is 10.5. The first-order chi connectivity index (χ1) is 15.3. The summed E-state index contributed by atoms with van der Waals surface area (Å²) < 4.78 is 25.4. The molecule has 170 valence electrons. The number of nitrogens with one attached hydrogen (secondary N) is 2. The number of likely N-dealkylation sites (tertiary alicyclic amines) is 1. The third-order valence-electron chi connectivity index (χ3n) is 5.12. The van der Waals surface area contributed by atoms with Crippen LogP contribution in [0.1, 0.15) is 25.3 Å². The highest BCUT2D eigenvalue weighted by atomic mass is 19.1. The number of benzene rings is 1. The Labute approximate surface area is 184 Å². The van der Waals surface area contributed by atoms with Crippen LogP contribution in [0.15, 0.2) is 30.6 Å². The van der Waals surface area contributed by atoms with Gasteiger partial charge in [-0.15, -0.1) is 0 Å². The summed E-state index contributed by atoms with van der Waals surface area (Å²) in [5.74, 6) is -0.725. The van der Waals surface area contributed by atoms with Gasteiger partial charge in [-0.3, -0.25) is 15.5 Å². The number of carbonyl (C=O) groups is 2. The summed E-state index contributed by atoms with van der Waals surface area (Å²) in [4.78, 5) is 33.0. The van der Waals surface area contributed by atoms with Gasteiger partial charge in [0.2, 0.25) is 5.91 Å². The van der Waals surface area contributed by atoms with Gasteiger partial charge in [0.15, 0.2) is 5.96 Å². The zero-order valence-electron chi connectivity index (χ0n) is 17.6. The van der Waals surface area contributed by atoms with Gasteiger partial charge in [-0.2, -0.15) is 0 Å². The Kier molecular flexibility index (Phi) is 7.53. The van der Waals surface area contributed by atoms with Crippen LogP contribution in [0.5, 0.6) is 6.01 Å². The van der Waals surface area contributed by atoms with Crippen LogP contribution in [0, 0.1) is 17.1 Å². The summed E-state index contributed by atoms with van der Waals surface area (Å²) in [6.45, 7) is 3.14. The van der Waals surface area contributed by atoms with Gasteiger partial charge in [-0.05, 0) is 18.8 Å². The van der Waals surface area contributed by atoms with Gasteiger partial charge in [0.05, 0.1) is 6.61 Å². The molecule has 11 heteroatoms. The third kappa shape index (κ3) is 6.13. The molecule has 0 spiro atoms. The van der Waals surface area contributed by atoms with Crippen molar-refractivity contribution in [2.75, 3.05) is 19.7 Å². The van der Waals surface area contributed by atoms with Gasteiger partial charge in [0.1, 0.15) is 12.4 Å². The highest BCUT2D eigenvalue weighted by molar-refractivity contribution is 5.90. The number of alkyl carbamates (subject to hydrolysis) is 1. The lowest BCUT2D eigenvalue weighted by Crippen LogP contribution is -2.38. The molecule has 32 heavy (non-hydrogen) atoms. The molecule has 1 aromatic heterocycles. The van der Waals surface area contributed by atoms with E-state index in [4.69, 9.17) is 20.6 Å². The summed E-state index contributed by atoms with van der Waals surface area (Å²) in [5, 5.41) is 8.93. The molecule has 1 fully saturated rings. The average Bonchev–Trinajstić information content (AvgIpc) is 2.77. The number of amides is 2. The highest BCUT2D eigenvalue weighted by Crippen LogP contribution is 2.25. The number of guanidine groups is 1. The van der Waals surface area contributed by atoms with E-state index in [-0.39, 0.29) is 29.7 Å². The quantitative estimate of drug-likeness (QED) is 0.457. The number of carbonyl (C=O) groups excluding carboxylic acids is 2. The smallest absolute Gasteiger partial charge is 0.414 e. The number of ether oxygens (including phenoxy) is 2. The minimum absolute atomic E-state index is 0.0884. The van der Waals surface area contributed by atoms with Crippen molar-refractivity contribution < 1.29 is 23.5 Å². The molecule has 4 N–H and O–H groups in total. The minimum Gasteiger partial charge on any atom is -0.463 e. The number of nitrogens with zero attached hydrogens (tertiary/aromatic N) is 3. The van der Waals surface area contributed by atoms with E-state index in [2.05, 4.69) is 9.97 Å². The maximum Gasteiger partial charge on any atom is 0.414 e. The minimum atomic E-state index is -0.945. The molecule has 0 atom stereocenters. The van der Waals surface area contributed by atoms with Crippen LogP contribution in [-0.2, 0) is 16.1 Å². The van der Waals surface area contributed by atoms with Crippen molar-refractivity contribution >= 4 is 18.0 Å². The van der Waals surface area contributed by atoms with E-state index < -0.39 is 17.9 Å². The number of hydrogen-bond acceptors (Lipinski definition) is 7. The van der Waals surface area contributed by atoms with E-state index in [0.717, 1.165) is 25.9 Å². The fraction of sp³-hybridized carbons (Fsp3) is 0.381. The Balaban J connectivity index is 1.57. The molecule has 0 bridgehead atoms. The Morgan fingerprint density at radius 3 is 2.59 bits per heavy atom. The molecule has 0 saturated carbocycles. The first-order valence-electron chi connectivity index (χ1n) is 10.1. The molecule has 2 aromatic rings. The Hall–Kier alpha value is -3.76. The van der Waals surface area contributed by atoms with Gasteiger partial charge >= 0.3 is 12.1 Å². The molecule has 2 amide bonds. The van der Waals surface area contributed by atoms with Crippen molar-refractivity contribution in [1.29, 1.82) is 5.41 Å². The molecule has 3 rings (SSSR count). The molecular formula is C21H25FN6O4. The van der Waals surface area contributed by atoms with Crippen LogP contribution in [0.3, 0.4) is 0 Å². The van der Waals surface area contributed by atoms with E-state index in [1.807, 2.05) is 10.2 Å². The van der Waals surface area contributed by atoms with Crippen molar-refractivity contribution in [1.82, 2.24) is 20.2 Å². The molecule has 2 heterocycles. The zero-order chi connectivity index (χ0) is 23.1. The van der Waals surface area contributed by atoms with Crippen LogP contribution in [0.2, 0.25) is 0 Å². The Morgan fingerprint density at radius 1 is 1.28 bits per heavy atom. The van der Waals surface area contributed by atoms with Gasteiger partial charge in [-0.25, -0.2) is 19.2 Å². The third-order valence-corrected chi connectivity index (χ3v) is 5.12. The number of hydrogen-bond donors (Lipinski definition) is 3. The highest BCUT2D eigenvalue weighted by Gasteiger charge is 2.21. The summed E-state index contributed by atoms with van der Waals surface area (Å²) in [6, 6.07) is 4.87. The monoisotopic (exact) mass is 444 g/mol. The number of piperidine rings is 1. The number of nitrogens with two attached hydrogens (primary N) is 1. The maximum atomic E-state index is 14.9. The van der Waals surface area contributed by atoms with Crippen LogP contribution < -0.4 is 15.8 Å². The summed E-state index contributed by atoms with van der Waals surface area (Å²) in [5.41, 5.74) is 5.89. The second-order valence-electron chi connectivity index (χ2n) is 7.41. The molecule has 1 saturated heterocycles. The molecule has 0 aliphatic carbocycles. The first kappa shape index (κ1) is 22.9. The van der Waals surface area contributed by atoms with E-state index >= 15 is 0 Å². The summed E-state index contributed by atoms with van der Waals surface area (Å²) >= 11 is 0. The van der Waals surface area contributed by atoms with Crippen LogP contribution in [-0.4, -0.2) is 52.5 Å². The normalized spacial score (nSPS) is 14.0. The van der Waals surface area contributed by atoms with Gasteiger partial charge in [-0.1, -0.05) is 18.2 Å². The standard InChI is InChI=1S/C21H25FN6O4/c1-13(29)28-7-5-14(6-8-28)11-31-20-25-9-16(10-26-20)17-4-2-3-15(18(17)22)12-32-21(30)27-19(23)24/h2-4,9-10,14H,5-8,11-12H2,1H3,(H4,23,24,27,30). The predicted octanol–water partition coefficient (Wildman–Crippen LogP) is 2.04. The number of rotatable bonds is 6. The second-order valence-corrected chi connectivity index (χ2v) is 7.41. The van der Waals surface area contributed by atoms with Gasteiger partial charge in [0.25, 0.3) is 0 Å². The van der Waals surface area contributed by atoms with E-state index in [9.17, 15) is 14.0 Å². The van der Waals surface area contributed by atoms with E-state index in [1.165, 1.54) is 18.5 Å². The Morgan fingerprint density at radius 2 is 1.97 bits per heavy atom. The fourth-order valence-electron chi connectivity index (χ4n) is 3.34. The lowest BCUT2D eigenvalue weighted by molar-refractivity contribution is -0.130. The topological polar surface area (TPSA) is 144 Å². The SMILES string of the molecule is CC(=O)N1CCC(COc2ncc(-c3cccc(COC(=O)NC(=N)N)c3F)cn2)CC1. The van der Waals surface area contributed by atoms with Gasteiger partial charge in [0, 0.05) is 49.1 Å². The van der Waals surface area contributed by atoms with Crippen LogP contribution in [0.25, 0.3) is 11.1 Å². The van der Waals surface area contributed by atoms with Crippen molar-refractivity contribution in [3.05, 3.63) is 42.0 Å². The fourth-order valence-corrected chi connectivity index (χ4v) is 3.34. The van der Waals surface area contributed by atoms with Crippen molar-refractivity contribution in [3.63, 3.8) is 0 Å². The molecule has 0 radical (unpaired) electrons. The largest absolute Gasteiger partial charge is 0.463 e.